The number of aliphatic hydroxyl groups is 1. The molecule has 0 aliphatic heterocycles. The molecular weight excluding hydrogens is 320 g/mol. The smallest absolute Gasteiger partial charge is 0.161 e. The first-order chi connectivity index (χ1) is 12.0. The molecule has 25 heavy (non-hydrogen) atoms. The standard InChI is InChI=1S/C18H22N4O3/c1-11(2)13(10-23)20-17-6-7-18-19-9-14(22(18)21-17)12-4-5-15(24)16(8-12)25-3/h4-9,11,13,23-24H,10H2,1-3H3,(H,20,21). The highest BCUT2D eigenvalue weighted by Crippen LogP contribution is 2.31. The zero-order valence-electron chi connectivity index (χ0n) is 14.5. The number of aromatic hydroxyl groups is 1. The van der Waals surface area contributed by atoms with Crippen LogP contribution in [0.3, 0.4) is 0 Å². The van der Waals surface area contributed by atoms with Crippen LogP contribution in [0.4, 0.5) is 5.82 Å². The molecule has 1 aromatic carbocycles. The van der Waals surface area contributed by atoms with Crippen LogP contribution in [0.1, 0.15) is 13.8 Å². The van der Waals surface area contributed by atoms with E-state index in [9.17, 15) is 10.2 Å². The van der Waals surface area contributed by atoms with E-state index in [-0.39, 0.29) is 24.3 Å². The Morgan fingerprint density at radius 1 is 1.24 bits per heavy atom. The van der Waals surface area contributed by atoms with Crippen molar-refractivity contribution in [2.45, 2.75) is 19.9 Å². The maximum Gasteiger partial charge on any atom is 0.161 e. The number of rotatable bonds is 6. The van der Waals surface area contributed by atoms with Crippen molar-refractivity contribution >= 4 is 11.5 Å². The van der Waals surface area contributed by atoms with Crippen molar-refractivity contribution in [2.75, 3.05) is 19.0 Å². The first-order valence-corrected chi connectivity index (χ1v) is 8.13. The van der Waals surface area contributed by atoms with Gasteiger partial charge in [0, 0.05) is 5.56 Å². The molecule has 0 spiro atoms. The molecular formula is C18H22N4O3. The summed E-state index contributed by atoms with van der Waals surface area (Å²) in [5.41, 5.74) is 2.31. The molecule has 0 radical (unpaired) electrons. The van der Waals surface area contributed by atoms with Crippen LogP contribution in [0.25, 0.3) is 16.9 Å². The number of benzene rings is 1. The minimum atomic E-state index is -0.0781. The van der Waals surface area contributed by atoms with Gasteiger partial charge in [0.25, 0.3) is 0 Å². The van der Waals surface area contributed by atoms with Crippen LogP contribution < -0.4 is 10.1 Å². The van der Waals surface area contributed by atoms with E-state index in [2.05, 4.69) is 15.4 Å². The quantitative estimate of drug-likeness (QED) is 0.638. The number of nitrogens with zero attached hydrogens (tertiary/aromatic N) is 3. The van der Waals surface area contributed by atoms with Crippen LogP contribution in [-0.4, -0.2) is 44.6 Å². The van der Waals surface area contributed by atoms with Crippen LogP contribution in [-0.2, 0) is 0 Å². The summed E-state index contributed by atoms with van der Waals surface area (Å²) < 4.78 is 6.90. The molecule has 3 aromatic rings. The van der Waals surface area contributed by atoms with Crippen molar-refractivity contribution in [2.24, 2.45) is 5.92 Å². The topological polar surface area (TPSA) is 91.9 Å². The molecule has 0 aliphatic rings. The summed E-state index contributed by atoms with van der Waals surface area (Å²) in [5, 5.41) is 27.1. The zero-order chi connectivity index (χ0) is 18.0. The van der Waals surface area contributed by atoms with Gasteiger partial charge >= 0.3 is 0 Å². The fourth-order valence-corrected chi connectivity index (χ4v) is 2.60. The average molecular weight is 342 g/mol. The van der Waals surface area contributed by atoms with Gasteiger partial charge in [0.05, 0.1) is 31.6 Å². The lowest BCUT2D eigenvalue weighted by Crippen LogP contribution is -2.30. The summed E-state index contributed by atoms with van der Waals surface area (Å²) in [6.45, 7) is 4.11. The SMILES string of the molecule is COc1cc(-c2cnc3ccc(NC(CO)C(C)C)nn23)ccc1O. The van der Waals surface area contributed by atoms with E-state index in [0.29, 0.717) is 17.2 Å². The number of aliphatic hydroxyl groups excluding tert-OH is 1. The number of anilines is 1. The van der Waals surface area contributed by atoms with Crippen LogP contribution >= 0.6 is 0 Å². The number of hydrogen-bond donors (Lipinski definition) is 3. The molecule has 3 N–H and O–H groups in total. The van der Waals surface area contributed by atoms with Gasteiger partial charge in [-0.25, -0.2) is 9.50 Å². The van der Waals surface area contributed by atoms with Crippen molar-refractivity contribution in [3.63, 3.8) is 0 Å². The molecule has 0 saturated carbocycles. The van der Waals surface area contributed by atoms with Gasteiger partial charge in [0.15, 0.2) is 17.1 Å². The largest absolute Gasteiger partial charge is 0.504 e. The Bertz CT molecular complexity index is 876. The number of fused-ring (bicyclic) bond motifs is 1. The fraction of sp³-hybridized carbons (Fsp3) is 0.333. The van der Waals surface area contributed by atoms with Crippen LogP contribution in [0.15, 0.2) is 36.5 Å². The minimum Gasteiger partial charge on any atom is -0.504 e. The van der Waals surface area contributed by atoms with E-state index in [1.165, 1.54) is 7.11 Å². The van der Waals surface area contributed by atoms with Gasteiger partial charge in [0.1, 0.15) is 5.82 Å². The second-order valence-corrected chi connectivity index (χ2v) is 6.20. The Hall–Kier alpha value is -2.80. The number of nitrogens with one attached hydrogen (secondary N) is 1. The number of aromatic nitrogens is 3. The van der Waals surface area contributed by atoms with Crippen LogP contribution in [0, 0.1) is 5.92 Å². The number of phenols is 1. The molecule has 0 aliphatic carbocycles. The van der Waals surface area contributed by atoms with E-state index in [1.54, 1.807) is 28.9 Å². The lowest BCUT2D eigenvalue weighted by Gasteiger charge is -2.20. The lowest BCUT2D eigenvalue weighted by atomic mass is 10.1. The summed E-state index contributed by atoms with van der Waals surface area (Å²) in [4.78, 5) is 4.37. The molecule has 132 valence electrons. The Labute approximate surface area is 145 Å². The van der Waals surface area contributed by atoms with E-state index in [1.807, 2.05) is 26.0 Å². The van der Waals surface area contributed by atoms with Gasteiger partial charge in [-0.1, -0.05) is 13.8 Å². The highest BCUT2D eigenvalue weighted by Gasteiger charge is 2.14. The van der Waals surface area contributed by atoms with Gasteiger partial charge in [-0.3, -0.25) is 0 Å². The maximum absolute atomic E-state index is 9.77. The van der Waals surface area contributed by atoms with E-state index in [0.717, 1.165) is 11.3 Å². The second kappa shape index (κ2) is 6.98. The van der Waals surface area contributed by atoms with Crippen molar-refractivity contribution in [1.29, 1.82) is 0 Å². The number of phenolic OH excluding ortho intramolecular Hbond substituents is 1. The number of methoxy groups -OCH3 is 1. The van der Waals surface area contributed by atoms with Gasteiger partial charge in [-0.15, -0.1) is 5.10 Å². The zero-order valence-corrected chi connectivity index (χ0v) is 14.5. The van der Waals surface area contributed by atoms with Gasteiger partial charge < -0.3 is 20.3 Å². The van der Waals surface area contributed by atoms with Gasteiger partial charge in [-0.05, 0) is 36.2 Å². The highest BCUT2D eigenvalue weighted by atomic mass is 16.5. The average Bonchev–Trinajstić information content (AvgIpc) is 3.03. The molecule has 7 nitrogen and oxygen atoms in total. The molecule has 0 fully saturated rings. The summed E-state index contributed by atoms with van der Waals surface area (Å²) in [7, 11) is 1.51. The third kappa shape index (κ3) is 3.36. The Morgan fingerprint density at radius 3 is 2.72 bits per heavy atom. The predicted molar refractivity (Wildman–Crippen MR) is 96.0 cm³/mol. The van der Waals surface area contributed by atoms with E-state index >= 15 is 0 Å². The number of imidazole rings is 1. The van der Waals surface area contributed by atoms with Crippen molar-refractivity contribution in [1.82, 2.24) is 14.6 Å². The summed E-state index contributed by atoms with van der Waals surface area (Å²) >= 11 is 0. The molecule has 7 heteroatoms. The van der Waals surface area contributed by atoms with E-state index in [4.69, 9.17) is 4.74 Å². The first kappa shape index (κ1) is 17.0. The summed E-state index contributed by atoms with van der Waals surface area (Å²) in [6.07, 6.45) is 1.73. The minimum absolute atomic E-state index is 0.0311. The van der Waals surface area contributed by atoms with Gasteiger partial charge in [-0.2, -0.15) is 0 Å². The van der Waals surface area contributed by atoms with Crippen molar-refractivity contribution < 1.29 is 14.9 Å². The molecule has 0 bridgehead atoms. The molecule has 2 aromatic heterocycles. The Balaban J connectivity index is 2.01. The van der Waals surface area contributed by atoms with E-state index < -0.39 is 0 Å². The molecule has 0 amide bonds. The summed E-state index contributed by atoms with van der Waals surface area (Å²) in [5.74, 6) is 1.40. The van der Waals surface area contributed by atoms with Gasteiger partial charge in [0.2, 0.25) is 0 Å². The first-order valence-electron chi connectivity index (χ1n) is 8.13. The second-order valence-electron chi connectivity index (χ2n) is 6.20. The van der Waals surface area contributed by atoms with Crippen molar-refractivity contribution in [3.8, 4) is 22.8 Å². The molecule has 0 saturated heterocycles. The Kier molecular flexibility index (Phi) is 4.76. The maximum atomic E-state index is 9.77. The lowest BCUT2D eigenvalue weighted by molar-refractivity contribution is 0.249. The number of ether oxygens (including phenoxy) is 1. The fourth-order valence-electron chi connectivity index (χ4n) is 2.60. The summed E-state index contributed by atoms with van der Waals surface area (Å²) in [6, 6.07) is 8.74. The Morgan fingerprint density at radius 2 is 2.04 bits per heavy atom. The van der Waals surface area contributed by atoms with Crippen LogP contribution in [0.2, 0.25) is 0 Å². The molecule has 2 heterocycles. The number of hydrogen-bond acceptors (Lipinski definition) is 6. The third-order valence-electron chi connectivity index (χ3n) is 4.17. The molecule has 3 rings (SSSR count). The monoisotopic (exact) mass is 342 g/mol. The predicted octanol–water partition coefficient (Wildman–Crippen LogP) is 2.54. The normalized spacial score (nSPS) is 12.5. The molecule has 1 unspecified atom stereocenters. The van der Waals surface area contributed by atoms with Crippen LogP contribution in [0.5, 0.6) is 11.5 Å². The van der Waals surface area contributed by atoms with Crippen molar-refractivity contribution in [3.05, 3.63) is 36.5 Å². The third-order valence-corrected chi connectivity index (χ3v) is 4.17. The molecule has 1 atom stereocenters. The highest BCUT2D eigenvalue weighted by molar-refractivity contribution is 5.67.